The van der Waals surface area contributed by atoms with Crippen LogP contribution in [0.5, 0.6) is 11.5 Å². The first-order valence-electron chi connectivity index (χ1n) is 13.6. The lowest BCUT2D eigenvalue weighted by molar-refractivity contribution is -0.140. The quantitative estimate of drug-likeness (QED) is 0.123. The molecule has 1 aliphatic heterocycles. The molecule has 0 saturated carbocycles. The predicted molar refractivity (Wildman–Crippen MR) is 173 cm³/mol. The summed E-state index contributed by atoms with van der Waals surface area (Å²) in [5.74, 6) is 1.87. The molecule has 1 aliphatic rings. The van der Waals surface area contributed by atoms with Crippen LogP contribution in [0, 0.1) is 0 Å². The van der Waals surface area contributed by atoms with E-state index in [0.29, 0.717) is 55.0 Å². The van der Waals surface area contributed by atoms with Crippen LogP contribution in [0.2, 0.25) is 10.0 Å². The van der Waals surface area contributed by atoms with Gasteiger partial charge in [0.2, 0.25) is 11.1 Å². The first kappa shape index (κ1) is 31.3. The van der Waals surface area contributed by atoms with Crippen LogP contribution in [-0.4, -0.2) is 33.1 Å². The highest BCUT2D eigenvalue weighted by Crippen LogP contribution is 2.44. The number of carbonyl (C=O) groups is 1. The van der Waals surface area contributed by atoms with E-state index in [0.717, 1.165) is 22.4 Å². The Morgan fingerprint density at radius 1 is 1.07 bits per heavy atom. The number of aromatic nitrogens is 3. The Labute approximate surface area is 272 Å². The summed E-state index contributed by atoms with van der Waals surface area (Å²) in [7, 11) is 0. The first-order valence-corrected chi connectivity index (χ1v) is 16.1. The molecule has 12 heteroatoms. The van der Waals surface area contributed by atoms with Crippen LogP contribution >= 0.6 is 50.9 Å². The maximum absolute atomic E-state index is 13.7. The fourth-order valence-electron chi connectivity index (χ4n) is 4.63. The maximum atomic E-state index is 13.7. The fraction of sp³-hybridized carbons (Fsp3) is 0.258. The van der Waals surface area contributed by atoms with Crippen molar-refractivity contribution < 1.29 is 19.0 Å². The van der Waals surface area contributed by atoms with Crippen LogP contribution in [-0.2, 0) is 22.7 Å². The van der Waals surface area contributed by atoms with Gasteiger partial charge in [-0.2, -0.15) is 4.98 Å². The van der Waals surface area contributed by atoms with Crippen molar-refractivity contribution in [3.63, 3.8) is 0 Å². The number of esters is 1. The number of carbonyl (C=O) groups excluding carboxylic acids is 1. The minimum absolute atomic E-state index is 0.137. The van der Waals surface area contributed by atoms with Gasteiger partial charge in [-0.05, 0) is 70.9 Å². The number of nitrogens with zero attached hydrogens (tertiary/aromatic N) is 3. The van der Waals surface area contributed by atoms with Crippen LogP contribution in [0.15, 0.2) is 81.6 Å². The normalized spacial score (nSPS) is 14.2. The zero-order valence-corrected chi connectivity index (χ0v) is 27.6. The molecular weight excluding hydrogens is 675 g/mol. The van der Waals surface area contributed by atoms with Gasteiger partial charge in [0.25, 0.3) is 0 Å². The molecule has 3 aromatic carbocycles. The third-order valence-corrected chi connectivity index (χ3v) is 8.47. The van der Waals surface area contributed by atoms with E-state index in [1.54, 1.807) is 16.8 Å². The second-order valence-electron chi connectivity index (χ2n) is 9.51. The molecule has 224 valence electrons. The summed E-state index contributed by atoms with van der Waals surface area (Å²) in [4.78, 5) is 18.4. The van der Waals surface area contributed by atoms with E-state index in [-0.39, 0.29) is 13.2 Å². The molecule has 1 unspecified atom stereocenters. The third kappa shape index (κ3) is 7.15. The second-order valence-corrected chi connectivity index (χ2v) is 12.4. The highest BCUT2D eigenvalue weighted by molar-refractivity contribution is 9.10. The van der Waals surface area contributed by atoms with Crippen molar-refractivity contribution >= 4 is 62.8 Å². The van der Waals surface area contributed by atoms with Crippen LogP contribution in [0.3, 0.4) is 0 Å². The molecule has 0 fully saturated rings. The van der Waals surface area contributed by atoms with Crippen molar-refractivity contribution in [1.82, 2.24) is 14.8 Å². The Hall–Kier alpha value is -3.18. The molecule has 4 aromatic rings. The topological polar surface area (TPSA) is 87.5 Å². The zero-order chi connectivity index (χ0) is 30.5. The third-order valence-electron chi connectivity index (χ3n) is 6.57. The van der Waals surface area contributed by atoms with E-state index >= 15 is 0 Å². The highest BCUT2D eigenvalue weighted by Gasteiger charge is 2.36. The Morgan fingerprint density at radius 3 is 2.58 bits per heavy atom. The lowest BCUT2D eigenvalue weighted by Gasteiger charge is -2.29. The Kier molecular flexibility index (Phi) is 10.2. The van der Waals surface area contributed by atoms with Gasteiger partial charge in [-0.15, -0.1) is 5.10 Å². The molecule has 1 N–H and O–H groups in total. The van der Waals surface area contributed by atoms with Gasteiger partial charge in [0, 0.05) is 21.3 Å². The number of hydrogen-bond acceptors (Lipinski definition) is 8. The largest absolute Gasteiger partial charge is 0.490 e. The van der Waals surface area contributed by atoms with Crippen molar-refractivity contribution in [3.8, 4) is 11.5 Å². The van der Waals surface area contributed by atoms with E-state index in [2.05, 4.69) is 26.2 Å². The maximum Gasteiger partial charge on any atom is 0.338 e. The number of allylic oxidation sites excluding steroid dienone is 1. The van der Waals surface area contributed by atoms with Gasteiger partial charge in [-0.25, -0.2) is 9.48 Å². The Morgan fingerprint density at radius 2 is 1.86 bits per heavy atom. The lowest BCUT2D eigenvalue weighted by atomic mass is 9.95. The number of fused-ring (bicyclic) bond motifs is 1. The number of benzene rings is 3. The molecule has 0 bridgehead atoms. The van der Waals surface area contributed by atoms with Crippen molar-refractivity contribution in [2.75, 3.05) is 17.7 Å². The summed E-state index contributed by atoms with van der Waals surface area (Å²) in [6.07, 6.45) is 0. The highest BCUT2D eigenvalue weighted by atomic mass is 79.9. The molecule has 0 amide bonds. The Balaban J connectivity index is 1.53. The number of hydrogen-bond donors (Lipinski definition) is 1. The van der Waals surface area contributed by atoms with E-state index in [1.807, 2.05) is 69.3 Å². The zero-order valence-electron chi connectivity index (χ0n) is 23.7. The summed E-state index contributed by atoms with van der Waals surface area (Å²) in [6.45, 7) is 6.49. The summed E-state index contributed by atoms with van der Waals surface area (Å²) < 4.78 is 20.4. The second kappa shape index (κ2) is 14.1. The average molecular weight is 704 g/mol. The van der Waals surface area contributed by atoms with Gasteiger partial charge in [0.1, 0.15) is 19.3 Å². The van der Waals surface area contributed by atoms with Gasteiger partial charge in [-0.3, -0.25) is 0 Å². The molecule has 1 atom stereocenters. The number of halogens is 3. The molecule has 0 aliphatic carbocycles. The predicted octanol–water partition coefficient (Wildman–Crippen LogP) is 8.47. The molecule has 5 rings (SSSR count). The number of ether oxygens (including phenoxy) is 3. The minimum Gasteiger partial charge on any atom is -0.490 e. The number of nitrogens with one attached hydrogen (secondary N) is 1. The van der Waals surface area contributed by atoms with Gasteiger partial charge in [0.05, 0.1) is 16.7 Å². The molecule has 43 heavy (non-hydrogen) atoms. The number of thioether (sulfide) groups is 1. The van der Waals surface area contributed by atoms with Gasteiger partial charge in [-0.1, -0.05) is 78.3 Å². The van der Waals surface area contributed by atoms with Gasteiger partial charge >= 0.3 is 5.97 Å². The lowest BCUT2D eigenvalue weighted by Crippen LogP contribution is -2.29. The average Bonchev–Trinajstić information content (AvgIpc) is 3.38. The Bertz CT molecular complexity index is 1670. The smallest absolute Gasteiger partial charge is 0.338 e. The van der Waals surface area contributed by atoms with Crippen molar-refractivity contribution in [2.45, 2.75) is 45.2 Å². The molecule has 1 aromatic heterocycles. The monoisotopic (exact) mass is 702 g/mol. The van der Waals surface area contributed by atoms with Crippen molar-refractivity contribution in [1.29, 1.82) is 0 Å². The summed E-state index contributed by atoms with van der Waals surface area (Å²) in [5.41, 5.74) is 3.44. The minimum atomic E-state index is -0.645. The molecular formula is C31H29BrCl2N4O4S. The molecule has 2 heterocycles. The standard InChI is InChI=1S/C31H29BrCl2N4O4S/c1-4-40-25-14-21(13-23(32)28(25)41-17-20-11-12-22(33)15-24(20)34)27-26(29(39)42-16-19-9-7-6-8-10-19)18(3)35-30-36-31(43-5-2)37-38(27)30/h6-15,27H,4-5,16-17H2,1-3H3,(H,35,36,37). The van der Waals surface area contributed by atoms with Crippen LogP contribution in [0.4, 0.5) is 5.95 Å². The summed E-state index contributed by atoms with van der Waals surface area (Å²) in [5, 5.41) is 9.66. The summed E-state index contributed by atoms with van der Waals surface area (Å²) in [6, 6.07) is 17.9. The first-order chi connectivity index (χ1) is 20.8. The fourth-order valence-corrected chi connectivity index (χ4v) is 6.22. The van der Waals surface area contributed by atoms with Crippen LogP contribution in [0.25, 0.3) is 0 Å². The van der Waals surface area contributed by atoms with E-state index < -0.39 is 12.0 Å². The number of anilines is 1. The molecule has 0 saturated heterocycles. The van der Waals surface area contributed by atoms with E-state index in [4.69, 9.17) is 42.5 Å². The van der Waals surface area contributed by atoms with E-state index in [1.165, 1.54) is 11.8 Å². The van der Waals surface area contributed by atoms with Crippen molar-refractivity contribution in [2.24, 2.45) is 0 Å². The van der Waals surface area contributed by atoms with Crippen molar-refractivity contribution in [3.05, 3.63) is 103 Å². The molecule has 0 spiro atoms. The van der Waals surface area contributed by atoms with Gasteiger partial charge in [0.15, 0.2) is 11.5 Å². The van der Waals surface area contributed by atoms with Crippen LogP contribution < -0.4 is 14.8 Å². The van der Waals surface area contributed by atoms with Gasteiger partial charge < -0.3 is 19.5 Å². The van der Waals surface area contributed by atoms with E-state index in [9.17, 15) is 4.79 Å². The van der Waals surface area contributed by atoms with Crippen LogP contribution in [0.1, 0.15) is 43.5 Å². The number of rotatable bonds is 11. The molecule has 8 nitrogen and oxygen atoms in total. The SMILES string of the molecule is CCOc1cc(C2C(C(=O)OCc3ccccc3)=C(C)Nc3nc(SCC)nn32)cc(Br)c1OCc1ccc(Cl)cc1Cl. The summed E-state index contributed by atoms with van der Waals surface area (Å²) >= 11 is 17.6. The molecule has 0 radical (unpaired) electrons.